The van der Waals surface area contributed by atoms with Gasteiger partial charge in [-0.2, -0.15) is 4.39 Å². The average molecular weight is 403 g/mol. The number of aliphatic hydroxyl groups excluding tert-OH is 1. The van der Waals surface area contributed by atoms with Crippen molar-refractivity contribution in [1.82, 2.24) is 14.5 Å². The normalized spacial score (nSPS) is 24.5. The summed E-state index contributed by atoms with van der Waals surface area (Å²) >= 11 is 0. The van der Waals surface area contributed by atoms with Gasteiger partial charge in [0.2, 0.25) is 5.82 Å². The van der Waals surface area contributed by atoms with E-state index in [-0.39, 0.29) is 12.2 Å². The van der Waals surface area contributed by atoms with Crippen LogP contribution in [0.3, 0.4) is 0 Å². The fourth-order valence-corrected chi connectivity index (χ4v) is 3.20. The van der Waals surface area contributed by atoms with E-state index in [0.29, 0.717) is 6.20 Å². The lowest BCUT2D eigenvalue weighted by atomic mass is 10.2. The molecule has 0 radical (unpaired) electrons. The van der Waals surface area contributed by atoms with Gasteiger partial charge in [0.15, 0.2) is 0 Å². The van der Waals surface area contributed by atoms with Crippen LogP contribution in [0.15, 0.2) is 40.3 Å². The van der Waals surface area contributed by atoms with E-state index in [0.717, 1.165) is 4.57 Å². The summed E-state index contributed by atoms with van der Waals surface area (Å²) in [5.74, 6) is -1.19. The molecule has 0 amide bonds. The average Bonchev–Trinajstić information content (AvgIpc) is 2.97. The SMILES string of the molecule is O=c1[nH]c(=O)n([C@H]2C[C@H](O)[C@@H](COP(=O)(O)Oc3cccnc3)O2)cc1F. The first-order chi connectivity index (χ1) is 12.7. The Bertz CT molecular complexity index is 965. The Kier molecular flexibility index (Phi) is 5.53. The Balaban J connectivity index is 1.64. The van der Waals surface area contributed by atoms with Crippen molar-refractivity contribution in [2.45, 2.75) is 24.9 Å². The van der Waals surface area contributed by atoms with E-state index in [1.54, 1.807) is 4.98 Å². The minimum absolute atomic E-state index is 0.00404. The number of aromatic amines is 1. The number of phosphoric acid groups is 1. The van der Waals surface area contributed by atoms with Crippen molar-refractivity contribution in [3.8, 4) is 5.75 Å². The highest BCUT2D eigenvalue weighted by Crippen LogP contribution is 2.44. The molecule has 2 aromatic heterocycles. The van der Waals surface area contributed by atoms with E-state index in [4.69, 9.17) is 13.8 Å². The highest BCUT2D eigenvalue weighted by Gasteiger charge is 2.38. The van der Waals surface area contributed by atoms with Gasteiger partial charge in [0.25, 0.3) is 5.56 Å². The molecule has 1 saturated heterocycles. The molecule has 13 heteroatoms. The smallest absolute Gasteiger partial charge is 0.402 e. The number of halogens is 1. The number of phosphoric ester groups is 1. The van der Waals surface area contributed by atoms with Crippen LogP contribution in [0.2, 0.25) is 0 Å². The molecule has 0 saturated carbocycles. The van der Waals surface area contributed by atoms with Crippen LogP contribution in [0.4, 0.5) is 4.39 Å². The lowest BCUT2D eigenvalue weighted by Gasteiger charge is -2.18. The largest absolute Gasteiger partial charge is 0.527 e. The number of H-pyrrole nitrogens is 1. The Labute approximate surface area is 150 Å². The maximum absolute atomic E-state index is 13.4. The van der Waals surface area contributed by atoms with Crippen LogP contribution in [0.1, 0.15) is 12.6 Å². The van der Waals surface area contributed by atoms with Gasteiger partial charge in [0, 0.05) is 12.6 Å². The van der Waals surface area contributed by atoms with Gasteiger partial charge in [-0.1, -0.05) is 0 Å². The molecule has 11 nitrogen and oxygen atoms in total. The number of nitrogens with zero attached hydrogens (tertiary/aromatic N) is 2. The number of aliphatic hydroxyl groups is 1. The predicted octanol–water partition coefficient (Wildman–Crippen LogP) is -0.0849. The number of rotatable bonds is 6. The van der Waals surface area contributed by atoms with Crippen molar-refractivity contribution < 1.29 is 32.7 Å². The summed E-state index contributed by atoms with van der Waals surface area (Å²) < 4.78 is 41.1. The van der Waals surface area contributed by atoms with Gasteiger partial charge < -0.3 is 14.4 Å². The molecule has 1 fully saturated rings. The first kappa shape index (κ1) is 19.4. The van der Waals surface area contributed by atoms with Crippen LogP contribution in [0.5, 0.6) is 5.75 Å². The minimum Gasteiger partial charge on any atom is -0.402 e. The summed E-state index contributed by atoms with van der Waals surface area (Å²) in [5, 5.41) is 10.0. The topological polar surface area (TPSA) is 153 Å². The summed E-state index contributed by atoms with van der Waals surface area (Å²) in [5.41, 5.74) is -2.10. The fraction of sp³-hybridized carbons (Fsp3) is 0.357. The second-order valence-electron chi connectivity index (χ2n) is 5.62. The van der Waals surface area contributed by atoms with Gasteiger partial charge in [0.1, 0.15) is 18.1 Å². The van der Waals surface area contributed by atoms with E-state index in [1.165, 1.54) is 24.5 Å². The second-order valence-corrected chi connectivity index (χ2v) is 7.00. The molecule has 4 atom stereocenters. The summed E-state index contributed by atoms with van der Waals surface area (Å²) in [4.78, 5) is 38.0. The van der Waals surface area contributed by atoms with Gasteiger partial charge in [0.05, 0.1) is 25.1 Å². The molecule has 1 aliphatic rings. The Hall–Kier alpha value is -2.37. The lowest BCUT2D eigenvalue weighted by molar-refractivity contribution is -0.0450. The summed E-state index contributed by atoms with van der Waals surface area (Å²) in [6.45, 7) is -0.535. The number of ether oxygens (including phenoxy) is 1. The molecule has 0 spiro atoms. The first-order valence-electron chi connectivity index (χ1n) is 7.66. The Morgan fingerprint density at radius 1 is 1.48 bits per heavy atom. The van der Waals surface area contributed by atoms with Crippen molar-refractivity contribution >= 4 is 7.82 Å². The van der Waals surface area contributed by atoms with Gasteiger partial charge in [-0.3, -0.25) is 28.7 Å². The highest BCUT2D eigenvalue weighted by molar-refractivity contribution is 7.47. The molecule has 3 rings (SSSR count). The third kappa shape index (κ3) is 4.67. The zero-order chi connectivity index (χ0) is 19.6. The monoisotopic (exact) mass is 403 g/mol. The molecule has 3 heterocycles. The van der Waals surface area contributed by atoms with Crippen molar-refractivity contribution in [3.63, 3.8) is 0 Å². The predicted molar refractivity (Wildman–Crippen MR) is 86.5 cm³/mol. The van der Waals surface area contributed by atoms with Crippen LogP contribution in [0, 0.1) is 5.82 Å². The van der Waals surface area contributed by atoms with Crippen LogP contribution in [-0.2, 0) is 13.8 Å². The second kappa shape index (κ2) is 7.71. The molecule has 1 unspecified atom stereocenters. The molecule has 1 aliphatic heterocycles. The molecule has 0 bridgehead atoms. The van der Waals surface area contributed by atoms with Gasteiger partial charge in [-0.05, 0) is 12.1 Å². The Morgan fingerprint density at radius 3 is 2.96 bits per heavy atom. The van der Waals surface area contributed by atoms with Gasteiger partial charge >= 0.3 is 13.5 Å². The molecule has 0 aromatic carbocycles. The first-order valence-corrected chi connectivity index (χ1v) is 9.16. The fourth-order valence-electron chi connectivity index (χ4n) is 2.44. The van der Waals surface area contributed by atoms with Crippen molar-refractivity contribution in [2.24, 2.45) is 0 Å². The molecule has 2 aromatic rings. The molecule has 0 aliphatic carbocycles. The van der Waals surface area contributed by atoms with Crippen molar-refractivity contribution in [1.29, 1.82) is 0 Å². The highest BCUT2D eigenvalue weighted by atomic mass is 31.2. The number of aromatic nitrogens is 3. The zero-order valence-corrected chi connectivity index (χ0v) is 14.5. The lowest BCUT2D eigenvalue weighted by Crippen LogP contribution is -2.34. The van der Waals surface area contributed by atoms with E-state index >= 15 is 0 Å². The van der Waals surface area contributed by atoms with Gasteiger partial charge in [-0.25, -0.2) is 9.36 Å². The van der Waals surface area contributed by atoms with Crippen molar-refractivity contribution in [2.75, 3.05) is 6.61 Å². The molecule has 3 N–H and O–H groups in total. The van der Waals surface area contributed by atoms with E-state index in [1.807, 2.05) is 0 Å². The molecule has 27 heavy (non-hydrogen) atoms. The maximum Gasteiger partial charge on any atom is 0.527 e. The maximum atomic E-state index is 13.4. The number of hydrogen-bond donors (Lipinski definition) is 3. The van der Waals surface area contributed by atoms with Gasteiger partial charge in [-0.15, -0.1) is 0 Å². The Morgan fingerprint density at radius 2 is 2.26 bits per heavy atom. The van der Waals surface area contributed by atoms with Crippen LogP contribution < -0.4 is 15.8 Å². The standard InChI is InChI=1S/C14H15FN3O8P/c15-9-6-18(14(21)17-13(9)20)12-4-10(19)11(25-12)7-24-27(22,23)26-8-2-1-3-16-5-8/h1-3,5-6,10-12,19H,4,7H2,(H,22,23)(H,17,20,21)/t10-,11+,12+/m0/s1. The summed E-state index contributed by atoms with van der Waals surface area (Å²) in [6.07, 6.45) is -0.168. The zero-order valence-electron chi connectivity index (χ0n) is 13.6. The van der Waals surface area contributed by atoms with E-state index in [9.17, 15) is 28.5 Å². The third-order valence-corrected chi connectivity index (χ3v) is 4.61. The molecule has 146 valence electrons. The minimum atomic E-state index is -4.52. The number of nitrogens with one attached hydrogen (secondary N) is 1. The third-order valence-electron chi connectivity index (χ3n) is 3.70. The summed E-state index contributed by atoms with van der Waals surface area (Å²) in [6, 6.07) is 2.89. The van der Waals surface area contributed by atoms with E-state index in [2.05, 4.69) is 4.98 Å². The van der Waals surface area contributed by atoms with Crippen LogP contribution in [0.25, 0.3) is 0 Å². The van der Waals surface area contributed by atoms with Crippen molar-refractivity contribution in [3.05, 3.63) is 57.4 Å². The molecular weight excluding hydrogens is 388 g/mol. The summed E-state index contributed by atoms with van der Waals surface area (Å²) in [7, 11) is -4.52. The van der Waals surface area contributed by atoms with E-state index < -0.39 is 49.9 Å². The number of hydrogen-bond acceptors (Lipinski definition) is 8. The van der Waals surface area contributed by atoms with Crippen LogP contribution >= 0.6 is 7.82 Å². The number of pyridine rings is 1. The van der Waals surface area contributed by atoms with Crippen LogP contribution in [-0.4, -0.2) is 43.3 Å². The molecular formula is C14H15FN3O8P. The quantitative estimate of drug-likeness (QED) is 0.562.